The van der Waals surface area contributed by atoms with Gasteiger partial charge in [-0.3, -0.25) is 4.79 Å². The minimum atomic E-state index is -0.873. The Labute approximate surface area is 113 Å². The van der Waals surface area contributed by atoms with Gasteiger partial charge >= 0.3 is 12.0 Å². The summed E-state index contributed by atoms with van der Waals surface area (Å²) >= 11 is 1.89. The van der Waals surface area contributed by atoms with Crippen molar-refractivity contribution >= 4 is 23.8 Å². The number of rotatable bonds is 3. The summed E-state index contributed by atoms with van der Waals surface area (Å²) in [6, 6.07) is -0.0606. The molecule has 0 aromatic rings. The Hall–Kier alpha value is -0.910. The molecule has 1 aliphatic heterocycles. The van der Waals surface area contributed by atoms with Crippen LogP contribution in [0.5, 0.6) is 0 Å². The van der Waals surface area contributed by atoms with Gasteiger partial charge in [-0.05, 0) is 6.42 Å². The molecule has 1 saturated heterocycles. The molecule has 0 aromatic heterocycles. The van der Waals surface area contributed by atoms with Crippen LogP contribution in [-0.2, 0) is 4.79 Å². The van der Waals surface area contributed by atoms with E-state index in [1.54, 1.807) is 7.05 Å². The molecule has 0 spiro atoms. The lowest BCUT2D eigenvalue weighted by molar-refractivity contribution is -0.137. The van der Waals surface area contributed by atoms with Gasteiger partial charge in [0.2, 0.25) is 0 Å². The number of carbonyl (C=O) groups is 2. The van der Waals surface area contributed by atoms with Gasteiger partial charge in [0.05, 0.1) is 6.42 Å². The smallest absolute Gasteiger partial charge is 0.319 e. The van der Waals surface area contributed by atoms with Crippen LogP contribution in [0.2, 0.25) is 0 Å². The van der Waals surface area contributed by atoms with Crippen LogP contribution in [0.1, 0.15) is 26.7 Å². The molecule has 1 aliphatic rings. The number of urea groups is 1. The van der Waals surface area contributed by atoms with E-state index in [-0.39, 0.29) is 23.7 Å². The molecule has 5 nitrogen and oxygen atoms in total. The summed E-state index contributed by atoms with van der Waals surface area (Å²) < 4.78 is 0.217. The molecule has 1 fully saturated rings. The van der Waals surface area contributed by atoms with Gasteiger partial charge in [0.25, 0.3) is 0 Å². The maximum absolute atomic E-state index is 12.1. The number of thioether (sulfide) groups is 1. The average molecular weight is 274 g/mol. The predicted molar refractivity (Wildman–Crippen MR) is 73.0 cm³/mol. The van der Waals surface area contributed by atoms with Gasteiger partial charge in [-0.25, -0.2) is 4.79 Å². The first-order valence-corrected chi connectivity index (χ1v) is 7.16. The van der Waals surface area contributed by atoms with Crippen LogP contribution >= 0.6 is 11.8 Å². The SMILES string of the molecule is CN(CCC(=O)O)C(=O)N1CCSC(C)(C)CC1. The third-order valence-corrected chi connectivity index (χ3v) is 4.47. The highest BCUT2D eigenvalue weighted by Gasteiger charge is 2.27. The number of nitrogens with zero attached hydrogens (tertiary/aromatic N) is 2. The van der Waals surface area contributed by atoms with Crippen molar-refractivity contribution in [3.63, 3.8) is 0 Å². The average Bonchev–Trinajstić information content (AvgIpc) is 2.46. The number of hydrogen-bond acceptors (Lipinski definition) is 3. The Balaban J connectivity index is 2.48. The van der Waals surface area contributed by atoms with Crippen molar-refractivity contribution in [3.05, 3.63) is 0 Å². The molecule has 6 heteroatoms. The molecule has 0 atom stereocenters. The molecule has 0 aliphatic carbocycles. The molecule has 104 valence electrons. The predicted octanol–water partition coefficient (Wildman–Crippen LogP) is 1.73. The van der Waals surface area contributed by atoms with Crippen molar-refractivity contribution in [1.82, 2.24) is 9.80 Å². The first-order valence-electron chi connectivity index (χ1n) is 6.17. The summed E-state index contributed by atoms with van der Waals surface area (Å²) in [6.07, 6.45) is 0.965. The molecule has 1 heterocycles. The molecule has 0 radical (unpaired) electrons. The molecule has 1 rings (SSSR count). The number of carbonyl (C=O) groups excluding carboxylic acids is 1. The second-order valence-corrected chi connectivity index (χ2v) is 7.00. The minimum Gasteiger partial charge on any atom is -0.481 e. The Morgan fingerprint density at radius 2 is 2.06 bits per heavy atom. The molecule has 0 bridgehead atoms. The standard InChI is InChI=1S/C12H22N2O3S/c1-12(2)5-7-14(8-9-18-12)11(17)13(3)6-4-10(15)16/h4-9H2,1-3H3,(H,15,16). The quantitative estimate of drug-likeness (QED) is 0.851. The summed E-state index contributed by atoms with van der Waals surface area (Å²) in [5.74, 6) is 0.0631. The Kier molecular flexibility index (Phi) is 5.31. The zero-order chi connectivity index (χ0) is 13.8. The largest absolute Gasteiger partial charge is 0.481 e. The second-order valence-electron chi connectivity index (χ2n) is 5.19. The minimum absolute atomic E-state index is 0.00365. The van der Waals surface area contributed by atoms with E-state index in [9.17, 15) is 9.59 Å². The fourth-order valence-electron chi connectivity index (χ4n) is 1.81. The van der Waals surface area contributed by atoms with Gasteiger partial charge in [0, 0.05) is 37.2 Å². The van der Waals surface area contributed by atoms with Crippen molar-refractivity contribution in [2.45, 2.75) is 31.4 Å². The van der Waals surface area contributed by atoms with Crippen molar-refractivity contribution in [2.24, 2.45) is 0 Å². The zero-order valence-electron chi connectivity index (χ0n) is 11.3. The molecule has 0 unspecified atom stereocenters. The van der Waals surface area contributed by atoms with Gasteiger partial charge < -0.3 is 14.9 Å². The number of amides is 2. The monoisotopic (exact) mass is 274 g/mol. The lowest BCUT2D eigenvalue weighted by Crippen LogP contribution is -2.43. The van der Waals surface area contributed by atoms with Crippen LogP contribution < -0.4 is 0 Å². The number of carboxylic acid groups (broad SMARTS) is 1. The summed E-state index contributed by atoms with van der Waals surface area (Å²) in [7, 11) is 1.66. The lowest BCUT2D eigenvalue weighted by Gasteiger charge is -2.27. The van der Waals surface area contributed by atoms with Crippen LogP contribution in [0.25, 0.3) is 0 Å². The normalized spacial score (nSPS) is 19.2. The van der Waals surface area contributed by atoms with Gasteiger partial charge in [-0.2, -0.15) is 11.8 Å². The van der Waals surface area contributed by atoms with Crippen LogP contribution in [-0.4, -0.2) is 64.1 Å². The van der Waals surface area contributed by atoms with Crippen molar-refractivity contribution in [1.29, 1.82) is 0 Å². The van der Waals surface area contributed by atoms with E-state index in [0.717, 1.165) is 25.3 Å². The number of aliphatic carboxylic acids is 1. The number of carboxylic acids is 1. The van der Waals surface area contributed by atoms with E-state index < -0.39 is 5.97 Å². The first kappa shape index (κ1) is 15.1. The third kappa shape index (κ3) is 4.76. The molecule has 2 amide bonds. The van der Waals surface area contributed by atoms with Gasteiger partial charge in [-0.15, -0.1) is 0 Å². The van der Waals surface area contributed by atoms with E-state index in [4.69, 9.17) is 5.11 Å². The Morgan fingerprint density at radius 3 is 2.67 bits per heavy atom. The highest BCUT2D eigenvalue weighted by atomic mass is 32.2. The highest BCUT2D eigenvalue weighted by Crippen LogP contribution is 2.30. The van der Waals surface area contributed by atoms with Crippen LogP contribution in [0.15, 0.2) is 0 Å². The van der Waals surface area contributed by atoms with Crippen molar-refractivity contribution in [3.8, 4) is 0 Å². The Bertz CT molecular complexity index is 320. The fourth-order valence-corrected chi connectivity index (χ4v) is 2.91. The molecule has 0 saturated carbocycles. The second kappa shape index (κ2) is 6.31. The fraction of sp³-hybridized carbons (Fsp3) is 0.833. The highest BCUT2D eigenvalue weighted by molar-refractivity contribution is 8.00. The van der Waals surface area contributed by atoms with Crippen molar-refractivity contribution < 1.29 is 14.7 Å². The third-order valence-electron chi connectivity index (χ3n) is 3.10. The molecule has 18 heavy (non-hydrogen) atoms. The summed E-state index contributed by atoms with van der Waals surface area (Å²) in [5.41, 5.74) is 0. The van der Waals surface area contributed by atoms with E-state index in [1.807, 2.05) is 16.7 Å². The van der Waals surface area contributed by atoms with Crippen LogP contribution in [0.3, 0.4) is 0 Å². The van der Waals surface area contributed by atoms with E-state index in [2.05, 4.69) is 13.8 Å². The van der Waals surface area contributed by atoms with Crippen LogP contribution in [0, 0.1) is 0 Å². The molecule has 0 aromatic carbocycles. The van der Waals surface area contributed by atoms with Crippen molar-refractivity contribution in [2.75, 3.05) is 32.4 Å². The summed E-state index contributed by atoms with van der Waals surface area (Å²) in [5, 5.41) is 8.61. The molecular formula is C12H22N2O3S. The first-order chi connectivity index (χ1) is 8.32. The van der Waals surface area contributed by atoms with E-state index in [1.165, 1.54) is 4.90 Å². The summed E-state index contributed by atoms with van der Waals surface area (Å²) in [4.78, 5) is 25.9. The molecular weight excluding hydrogens is 252 g/mol. The Morgan fingerprint density at radius 1 is 1.39 bits per heavy atom. The van der Waals surface area contributed by atoms with Gasteiger partial charge in [0.15, 0.2) is 0 Å². The maximum atomic E-state index is 12.1. The van der Waals surface area contributed by atoms with E-state index in [0.29, 0.717) is 0 Å². The lowest BCUT2D eigenvalue weighted by atomic mass is 10.1. The van der Waals surface area contributed by atoms with Gasteiger partial charge in [-0.1, -0.05) is 13.8 Å². The van der Waals surface area contributed by atoms with E-state index >= 15 is 0 Å². The maximum Gasteiger partial charge on any atom is 0.319 e. The van der Waals surface area contributed by atoms with Gasteiger partial charge in [0.1, 0.15) is 0 Å². The summed E-state index contributed by atoms with van der Waals surface area (Å²) in [6.45, 7) is 6.14. The zero-order valence-corrected chi connectivity index (χ0v) is 12.1. The molecule has 1 N–H and O–H groups in total. The number of hydrogen-bond donors (Lipinski definition) is 1. The van der Waals surface area contributed by atoms with Crippen LogP contribution in [0.4, 0.5) is 4.79 Å². The topological polar surface area (TPSA) is 60.9 Å².